The van der Waals surface area contributed by atoms with Crippen molar-refractivity contribution in [3.05, 3.63) is 53.4 Å². The van der Waals surface area contributed by atoms with E-state index >= 15 is 0 Å². The van der Waals surface area contributed by atoms with Gasteiger partial charge in [0.1, 0.15) is 11.9 Å². The number of aromatic nitrogens is 2. The molecule has 2 rings (SSSR count). The highest BCUT2D eigenvalue weighted by Gasteiger charge is 2.18. The maximum Gasteiger partial charge on any atom is 0.271 e. The first-order chi connectivity index (χ1) is 18.0. The van der Waals surface area contributed by atoms with Crippen molar-refractivity contribution in [3.63, 3.8) is 0 Å². The van der Waals surface area contributed by atoms with Crippen molar-refractivity contribution in [1.29, 1.82) is 0 Å². The van der Waals surface area contributed by atoms with Crippen molar-refractivity contribution in [2.75, 3.05) is 37.8 Å². The van der Waals surface area contributed by atoms with E-state index in [4.69, 9.17) is 5.73 Å². The Kier molecular flexibility index (Phi) is 11.7. The maximum atomic E-state index is 12.4. The minimum atomic E-state index is -0.668. The summed E-state index contributed by atoms with van der Waals surface area (Å²) in [5, 5.41) is 11.9. The van der Waals surface area contributed by atoms with Crippen molar-refractivity contribution >= 4 is 35.0 Å². The fourth-order valence-corrected chi connectivity index (χ4v) is 3.49. The lowest BCUT2D eigenvalue weighted by Crippen LogP contribution is -2.44. The number of nitrogens with one attached hydrogen (secondary N) is 4. The van der Waals surface area contributed by atoms with Crippen LogP contribution in [0.4, 0.5) is 17.3 Å². The summed E-state index contributed by atoms with van der Waals surface area (Å²) in [5.41, 5.74) is 7.98. The molecule has 1 heterocycles. The molecule has 1 aromatic carbocycles. The van der Waals surface area contributed by atoms with Crippen molar-refractivity contribution in [2.45, 2.75) is 52.6 Å². The van der Waals surface area contributed by atoms with E-state index in [0.717, 1.165) is 5.56 Å². The highest BCUT2D eigenvalue weighted by atomic mass is 16.2. The number of carbonyl (C=O) groups is 3. The third kappa shape index (κ3) is 9.81. The van der Waals surface area contributed by atoms with Crippen LogP contribution in [0.15, 0.2) is 36.4 Å². The van der Waals surface area contributed by atoms with Crippen LogP contribution >= 0.6 is 0 Å². The fourth-order valence-electron chi connectivity index (χ4n) is 3.49. The average Bonchev–Trinajstić information content (AvgIpc) is 2.83. The predicted octanol–water partition coefficient (Wildman–Crippen LogP) is 1.98. The molecule has 0 aliphatic rings. The van der Waals surface area contributed by atoms with Gasteiger partial charge in [-0.15, -0.1) is 0 Å². The number of rotatable bonds is 14. The molecule has 0 spiro atoms. The second-order valence-corrected chi connectivity index (χ2v) is 9.49. The second kappa shape index (κ2) is 14.7. The highest BCUT2D eigenvalue weighted by Crippen LogP contribution is 2.23. The Morgan fingerprint density at radius 3 is 2.47 bits per heavy atom. The van der Waals surface area contributed by atoms with E-state index in [1.165, 1.54) is 6.08 Å². The molecule has 1 unspecified atom stereocenters. The summed E-state index contributed by atoms with van der Waals surface area (Å²) in [6.45, 7) is 8.60. The van der Waals surface area contributed by atoms with Gasteiger partial charge in [0.05, 0.1) is 5.69 Å². The van der Waals surface area contributed by atoms with Crippen LogP contribution in [0.1, 0.15) is 49.4 Å². The van der Waals surface area contributed by atoms with Gasteiger partial charge in [0.25, 0.3) is 5.91 Å². The Labute approximate surface area is 224 Å². The number of amides is 3. The number of nitrogens with two attached hydrogens (primary N) is 1. The molecule has 11 nitrogen and oxygen atoms in total. The largest absolute Gasteiger partial charge is 0.366 e. The minimum absolute atomic E-state index is 0.0708. The monoisotopic (exact) mass is 524 g/mol. The van der Waals surface area contributed by atoms with Crippen LogP contribution in [0, 0.1) is 0 Å². The first kappa shape index (κ1) is 30.2. The van der Waals surface area contributed by atoms with Gasteiger partial charge < -0.3 is 31.9 Å². The van der Waals surface area contributed by atoms with Crippen molar-refractivity contribution in [1.82, 2.24) is 25.5 Å². The van der Waals surface area contributed by atoms with Gasteiger partial charge in [-0.3, -0.25) is 14.4 Å². The van der Waals surface area contributed by atoms with Crippen molar-refractivity contribution < 1.29 is 14.4 Å². The third-order valence-electron chi connectivity index (χ3n) is 5.36. The summed E-state index contributed by atoms with van der Waals surface area (Å²) in [6.07, 6.45) is 4.32. The summed E-state index contributed by atoms with van der Waals surface area (Å²) in [4.78, 5) is 47.4. The zero-order valence-electron chi connectivity index (χ0n) is 23.1. The molecule has 206 valence electrons. The van der Waals surface area contributed by atoms with Crippen LogP contribution in [0.2, 0.25) is 0 Å². The van der Waals surface area contributed by atoms with E-state index in [1.807, 2.05) is 64.0 Å². The lowest BCUT2D eigenvalue weighted by atomic mass is 10.1. The molecular weight excluding hydrogens is 484 g/mol. The van der Waals surface area contributed by atoms with E-state index in [2.05, 4.69) is 31.2 Å². The fraction of sp³-hybridized carbons (Fsp3) is 0.444. The van der Waals surface area contributed by atoms with Crippen molar-refractivity contribution in [2.24, 2.45) is 5.73 Å². The summed E-state index contributed by atoms with van der Waals surface area (Å²) in [5.74, 6) is -0.378. The molecule has 0 radical (unpaired) electrons. The Morgan fingerprint density at radius 2 is 1.84 bits per heavy atom. The highest BCUT2D eigenvalue weighted by molar-refractivity contribution is 5.96. The van der Waals surface area contributed by atoms with Crippen LogP contribution in [0.5, 0.6) is 0 Å². The van der Waals surface area contributed by atoms with Crippen LogP contribution in [-0.2, 0) is 22.4 Å². The Bertz CT molecular complexity index is 1150. The third-order valence-corrected chi connectivity index (χ3v) is 5.36. The number of hydrogen-bond donors (Lipinski definition) is 5. The average molecular weight is 525 g/mol. The lowest BCUT2D eigenvalue weighted by Gasteiger charge is -2.17. The summed E-state index contributed by atoms with van der Waals surface area (Å²) in [6, 6.07) is 7.03. The molecule has 3 amide bonds. The maximum absolute atomic E-state index is 12.4. The van der Waals surface area contributed by atoms with Gasteiger partial charge in [0.15, 0.2) is 11.5 Å². The molecule has 0 aliphatic heterocycles. The van der Waals surface area contributed by atoms with E-state index in [9.17, 15) is 14.4 Å². The second-order valence-electron chi connectivity index (χ2n) is 9.49. The van der Waals surface area contributed by atoms with E-state index in [-0.39, 0.29) is 29.4 Å². The molecule has 0 fully saturated rings. The number of aryl methyl sites for hydroxylation is 1. The van der Waals surface area contributed by atoms with Crippen LogP contribution in [0.25, 0.3) is 0 Å². The normalized spacial score (nSPS) is 12.0. The number of anilines is 3. The Balaban J connectivity index is 2.02. The van der Waals surface area contributed by atoms with Gasteiger partial charge in [-0.1, -0.05) is 25.1 Å². The summed E-state index contributed by atoms with van der Waals surface area (Å²) in [7, 11) is 3.81. The molecule has 2 aromatic rings. The first-order valence-electron chi connectivity index (χ1n) is 12.7. The molecule has 0 saturated heterocycles. The number of hydrogen-bond acceptors (Lipinski definition) is 8. The van der Waals surface area contributed by atoms with E-state index in [0.29, 0.717) is 43.1 Å². The topological polar surface area (TPSA) is 154 Å². The molecule has 0 bridgehead atoms. The van der Waals surface area contributed by atoms with E-state index < -0.39 is 11.9 Å². The molecule has 0 aliphatic carbocycles. The number of likely N-dealkylation sites (N-methyl/N-ethyl adjacent to an activating group) is 1. The SMILES string of the molecule is CCc1nc(C(N)=O)c(Nc2cccc(CCNC(=O)C(C)NC(=O)C=CCN(C)C)c2)nc1NC(C)C. The number of carbonyl (C=O) groups excluding carboxylic acids is 3. The van der Waals surface area contributed by atoms with Crippen molar-refractivity contribution in [3.8, 4) is 0 Å². The summed E-state index contributed by atoms with van der Waals surface area (Å²) >= 11 is 0. The quantitative estimate of drug-likeness (QED) is 0.235. The minimum Gasteiger partial charge on any atom is -0.366 e. The smallest absolute Gasteiger partial charge is 0.271 e. The zero-order valence-corrected chi connectivity index (χ0v) is 23.1. The van der Waals surface area contributed by atoms with Gasteiger partial charge in [-0.25, -0.2) is 9.97 Å². The van der Waals surface area contributed by atoms with Gasteiger partial charge in [-0.05, 0) is 65.4 Å². The first-order valence-corrected chi connectivity index (χ1v) is 12.7. The number of primary amides is 1. The van der Waals surface area contributed by atoms with Crippen LogP contribution in [-0.4, -0.2) is 71.9 Å². The van der Waals surface area contributed by atoms with Gasteiger partial charge >= 0.3 is 0 Å². The predicted molar refractivity (Wildman–Crippen MR) is 150 cm³/mol. The molecule has 38 heavy (non-hydrogen) atoms. The Hall–Kier alpha value is -3.99. The molecule has 1 aromatic heterocycles. The number of nitrogens with zero attached hydrogens (tertiary/aromatic N) is 3. The lowest BCUT2D eigenvalue weighted by molar-refractivity contribution is -0.126. The van der Waals surface area contributed by atoms with E-state index in [1.54, 1.807) is 13.0 Å². The van der Waals surface area contributed by atoms with Crippen LogP contribution < -0.4 is 27.0 Å². The molecule has 0 saturated carbocycles. The molecule has 1 atom stereocenters. The van der Waals surface area contributed by atoms with Gasteiger partial charge in [0.2, 0.25) is 11.8 Å². The van der Waals surface area contributed by atoms with Crippen LogP contribution in [0.3, 0.4) is 0 Å². The van der Waals surface area contributed by atoms with Gasteiger partial charge in [-0.2, -0.15) is 0 Å². The molecular formula is C27H40N8O3. The summed E-state index contributed by atoms with van der Waals surface area (Å²) < 4.78 is 0. The zero-order chi connectivity index (χ0) is 28.2. The van der Waals surface area contributed by atoms with Gasteiger partial charge in [0, 0.05) is 30.9 Å². The standard InChI is InChI=1S/C27H40N8O3/c1-7-21-25(30-17(2)3)34-26(23(33-21)24(28)37)32-20-11-8-10-19(16-20)13-14-29-27(38)18(4)31-22(36)12-9-15-35(5)6/h8-12,16-18H,7,13-15H2,1-6H3,(H2,28,37)(H,29,38)(H,31,36)(H2,30,32,34). The molecule has 6 N–H and O–H groups in total. The Morgan fingerprint density at radius 1 is 1.11 bits per heavy atom. The molecule has 11 heteroatoms. The number of benzene rings is 1.